The van der Waals surface area contributed by atoms with E-state index in [0.29, 0.717) is 17.9 Å². The van der Waals surface area contributed by atoms with Crippen LogP contribution in [-0.4, -0.2) is 36.9 Å². The molecule has 0 saturated carbocycles. The van der Waals surface area contributed by atoms with Crippen LogP contribution >= 0.6 is 11.3 Å². The molecule has 1 fully saturated rings. The van der Waals surface area contributed by atoms with E-state index < -0.39 is 0 Å². The van der Waals surface area contributed by atoms with Crippen molar-refractivity contribution in [3.8, 4) is 16.9 Å². The van der Waals surface area contributed by atoms with E-state index in [1.165, 1.54) is 12.8 Å². The van der Waals surface area contributed by atoms with Crippen molar-refractivity contribution in [3.05, 3.63) is 83.2 Å². The molecular formula is C27H26N2O2S. The highest BCUT2D eigenvalue weighted by Crippen LogP contribution is 2.33. The van der Waals surface area contributed by atoms with Crippen molar-refractivity contribution >= 4 is 32.9 Å². The van der Waals surface area contributed by atoms with E-state index in [9.17, 15) is 4.79 Å². The lowest BCUT2D eigenvalue weighted by atomic mass is 9.93. The Labute approximate surface area is 192 Å². The largest absolute Gasteiger partial charge is 0.492 e. The van der Waals surface area contributed by atoms with Crippen LogP contribution in [0.3, 0.4) is 0 Å². The average molecular weight is 443 g/mol. The summed E-state index contributed by atoms with van der Waals surface area (Å²) in [6.45, 7) is 3.88. The minimum Gasteiger partial charge on any atom is -0.492 e. The van der Waals surface area contributed by atoms with Crippen LogP contribution in [0.15, 0.2) is 72.1 Å². The summed E-state index contributed by atoms with van der Waals surface area (Å²) in [6.07, 6.45) is 2.55. The summed E-state index contributed by atoms with van der Waals surface area (Å²) < 4.78 is 7.19. The molecule has 4 nitrogen and oxygen atoms in total. The standard InChI is InChI=1S/C27H26N2O2S/c28-20-9-7-19(8-10-20)24-17-21(31-16-15-29-13-3-4-14-29)11-12-23(24)27(30)25-18-32-26-6-2-1-5-22(25)26/h1-2,5-12,17-18H,3-4,13-16,28H2. The lowest BCUT2D eigenvalue weighted by Gasteiger charge is -2.16. The van der Waals surface area contributed by atoms with Gasteiger partial charge in [0.25, 0.3) is 0 Å². The smallest absolute Gasteiger partial charge is 0.195 e. The molecule has 162 valence electrons. The average Bonchev–Trinajstić information content (AvgIpc) is 3.49. The Morgan fingerprint density at radius 3 is 2.56 bits per heavy atom. The molecule has 2 N–H and O–H groups in total. The van der Waals surface area contributed by atoms with Crippen molar-refractivity contribution in [2.24, 2.45) is 0 Å². The first-order valence-electron chi connectivity index (χ1n) is 11.0. The number of ketones is 1. The van der Waals surface area contributed by atoms with Crippen molar-refractivity contribution in [1.82, 2.24) is 4.90 Å². The molecular weight excluding hydrogens is 416 g/mol. The van der Waals surface area contributed by atoms with E-state index in [4.69, 9.17) is 10.5 Å². The lowest BCUT2D eigenvalue weighted by Crippen LogP contribution is -2.25. The predicted molar refractivity (Wildman–Crippen MR) is 133 cm³/mol. The topological polar surface area (TPSA) is 55.6 Å². The summed E-state index contributed by atoms with van der Waals surface area (Å²) in [5.41, 5.74) is 9.83. The number of ether oxygens (including phenoxy) is 1. The quantitative estimate of drug-likeness (QED) is 0.288. The number of hydrogen-bond donors (Lipinski definition) is 1. The third-order valence-electron chi connectivity index (χ3n) is 6.06. The molecule has 2 heterocycles. The van der Waals surface area contributed by atoms with E-state index in [2.05, 4.69) is 11.0 Å². The van der Waals surface area contributed by atoms with Crippen molar-refractivity contribution < 1.29 is 9.53 Å². The number of hydrogen-bond acceptors (Lipinski definition) is 5. The fourth-order valence-corrected chi connectivity index (χ4v) is 5.25. The Bertz CT molecular complexity index is 1240. The molecule has 0 spiro atoms. The Morgan fingerprint density at radius 1 is 0.969 bits per heavy atom. The maximum Gasteiger partial charge on any atom is 0.195 e. The van der Waals surface area contributed by atoms with E-state index >= 15 is 0 Å². The minimum absolute atomic E-state index is 0.0258. The Hall–Kier alpha value is -3.15. The second-order valence-electron chi connectivity index (χ2n) is 8.20. The van der Waals surface area contributed by atoms with Gasteiger partial charge < -0.3 is 10.5 Å². The van der Waals surface area contributed by atoms with Crippen LogP contribution in [0.2, 0.25) is 0 Å². The second-order valence-corrected chi connectivity index (χ2v) is 9.11. The molecule has 0 amide bonds. The zero-order valence-corrected chi connectivity index (χ0v) is 18.7. The van der Waals surface area contributed by atoms with E-state index in [1.807, 2.05) is 66.0 Å². The van der Waals surface area contributed by atoms with Crippen LogP contribution in [-0.2, 0) is 0 Å². The van der Waals surface area contributed by atoms with Crippen molar-refractivity contribution in [1.29, 1.82) is 0 Å². The van der Waals surface area contributed by atoms with E-state index in [-0.39, 0.29) is 5.78 Å². The van der Waals surface area contributed by atoms with Gasteiger partial charge in [0.15, 0.2) is 5.78 Å². The van der Waals surface area contributed by atoms with Crippen molar-refractivity contribution in [2.75, 3.05) is 32.0 Å². The van der Waals surface area contributed by atoms with Gasteiger partial charge >= 0.3 is 0 Å². The van der Waals surface area contributed by atoms with Gasteiger partial charge in [0.05, 0.1) is 0 Å². The highest BCUT2D eigenvalue weighted by Gasteiger charge is 2.19. The molecule has 32 heavy (non-hydrogen) atoms. The van der Waals surface area contributed by atoms with Gasteiger partial charge in [-0.15, -0.1) is 11.3 Å². The maximum atomic E-state index is 13.6. The number of likely N-dealkylation sites (tertiary alicyclic amines) is 1. The minimum atomic E-state index is 0.0258. The number of thiophene rings is 1. The van der Waals surface area contributed by atoms with Crippen molar-refractivity contribution in [2.45, 2.75) is 12.8 Å². The first kappa shape index (κ1) is 20.7. The summed E-state index contributed by atoms with van der Waals surface area (Å²) in [6, 6.07) is 21.5. The first-order chi connectivity index (χ1) is 15.7. The van der Waals surface area contributed by atoms with Crippen LogP contribution in [0, 0.1) is 0 Å². The zero-order valence-electron chi connectivity index (χ0n) is 17.9. The number of benzene rings is 3. The Balaban J connectivity index is 1.48. The van der Waals surface area contributed by atoms with Gasteiger partial charge in [0.1, 0.15) is 12.4 Å². The lowest BCUT2D eigenvalue weighted by molar-refractivity contribution is 0.104. The Morgan fingerprint density at radius 2 is 1.75 bits per heavy atom. The predicted octanol–water partition coefficient (Wildman–Crippen LogP) is 5.86. The number of rotatable bonds is 7. The van der Waals surface area contributed by atoms with E-state index in [1.54, 1.807) is 11.3 Å². The van der Waals surface area contributed by atoms with Crippen LogP contribution in [0.25, 0.3) is 21.2 Å². The molecule has 0 atom stereocenters. The molecule has 0 radical (unpaired) electrons. The van der Waals surface area contributed by atoms with Crippen LogP contribution in [0.5, 0.6) is 5.75 Å². The molecule has 0 unspecified atom stereocenters. The summed E-state index contributed by atoms with van der Waals surface area (Å²) in [4.78, 5) is 16.0. The monoisotopic (exact) mass is 442 g/mol. The number of anilines is 1. The first-order valence-corrected chi connectivity index (χ1v) is 11.9. The normalized spacial score (nSPS) is 14.1. The highest BCUT2D eigenvalue weighted by atomic mass is 32.1. The molecule has 1 aliphatic rings. The fourth-order valence-electron chi connectivity index (χ4n) is 4.31. The molecule has 5 rings (SSSR count). The van der Waals surface area contributed by atoms with Crippen LogP contribution in [0.1, 0.15) is 28.8 Å². The third-order valence-corrected chi connectivity index (χ3v) is 7.02. The number of nitrogen functional groups attached to an aromatic ring is 1. The number of carbonyl (C=O) groups excluding carboxylic acids is 1. The second kappa shape index (κ2) is 9.15. The molecule has 3 aromatic carbocycles. The van der Waals surface area contributed by atoms with Gasteiger partial charge in [0, 0.05) is 38.8 Å². The molecule has 4 aromatic rings. The van der Waals surface area contributed by atoms with Gasteiger partial charge in [-0.25, -0.2) is 0 Å². The molecule has 1 aliphatic heterocycles. The zero-order chi connectivity index (χ0) is 21.9. The van der Waals surface area contributed by atoms with Gasteiger partial charge in [0.2, 0.25) is 0 Å². The van der Waals surface area contributed by atoms with Gasteiger partial charge in [-0.05, 0) is 73.5 Å². The molecule has 0 bridgehead atoms. The summed E-state index contributed by atoms with van der Waals surface area (Å²) in [7, 11) is 0. The SMILES string of the molecule is Nc1ccc(-c2cc(OCCN3CCCC3)ccc2C(=O)c2csc3ccccc23)cc1. The van der Waals surface area contributed by atoms with Crippen LogP contribution in [0.4, 0.5) is 5.69 Å². The van der Waals surface area contributed by atoms with E-state index in [0.717, 1.165) is 52.2 Å². The van der Waals surface area contributed by atoms with Crippen molar-refractivity contribution in [3.63, 3.8) is 0 Å². The third kappa shape index (κ3) is 4.27. The Kier molecular flexibility index (Phi) is 5.93. The summed E-state index contributed by atoms with van der Waals surface area (Å²) >= 11 is 1.60. The van der Waals surface area contributed by atoms with Gasteiger partial charge in [-0.1, -0.05) is 30.3 Å². The van der Waals surface area contributed by atoms with Crippen LogP contribution < -0.4 is 10.5 Å². The molecule has 0 aliphatic carbocycles. The number of carbonyl (C=O) groups is 1. The number of nitrogens with zero attached hydrogens (tertiary/aromatic N) is 1. The molecule has 1 aromatic heterocycles. The van der Waals surface area contributed by atoms with Gasteiger partial charge in [-0.3, -0.25) is 9.69 Å². The summed E-state index contributed by atoms with van der Waals surface area (Å²) in [5.74, 6) is 0.806. The number of fused-ring (bicyclic) bond motifs is 1. The van der Waals surface area contributed by atoms with Gasteiger partial charge in [-0.2, -0.15) is 0 Å². The fraction of sp³-hybridized carbons (Fsp3) is 0.222. The maximum absolute atomic E-state index is 13.6. The molecule has 1 saturated heterocycles. The number of nitrogens with two attached hydrogens (primary N) is 1. The highest BCUT2D eigenvalue weighted by molar-refractivity contribution is 7.17. The molecule has 5 heteroatoms. The summed E-state index contributed by atoms with van der Waals surface area (Å²) in [5, 5.41) is 2.96.